The van der Waals surface area contributed by atoms with Crippen LogP contribution in [0.15, 0.2) is 41.8 Å². The van der Waals surface area contributed by atoms with Crippen molar-refractivity contribution >= 4 is 23.2 Å². The number of carbonyl (C=O) groups excluding carboxylic acids is 2. The molecule has 0 aliphatic carbocycles. The van der Waals surface area contributed by atoms with Crippen LogP contribution in [0.2, 0.25) is 0 Å². The molecule has 0 saturated carbocycles. The fourth-order valence-corrected chi connectivity index (χ4v) is 3.55. The number of hydrogen-bond acceptors (Lipinski definition) is 5. The second-order valence-electron chi connectivity index (χ2n) is 6.16. The van der Waals surface area contributed by atoms with Crippen LogP contribution < -0.4 is 10.1 Å². The minimum atomic E-state index is 0.00527. The van der Waals surface area contributed by atoms with Crippen LogP contribution in [0, 0.1) is 0 Å². The Morgan fingerprint density at radius 3 is 2.65 bits per heavy atom. The van der Waals surface area contributed by atoms with Crippen molar-refractivity contribution in [2.24, 2.45) is 0 Å². The summed E-state index contributed by atoms with van der Waals surface area (Å²) in [5.74, 6) is 0.702. The van der Waals surface area contributed by atoms with Crippen molar-refractivity contribution in [3.8, 4) is 5.75 Å². The normalized spacial score (nSPS) is 14.9. The van der Waals surface area contributed by atoms with Gasteiger partial charge in [0, 0.05) is 36.6 Å². The Labute approximate surface area is 157 Å². The zero-order valence-corrected chi connectivity index (χ0v) is 15.6. The molecule has 0 atom stereocenters. The minimum absolute atomic E-state index is 0.00527. The maximum Gasteiger partial charge on any atom is 0.254 e. The monoisotopic (exact) mass is 373 g/mol. The first kappa shape index (κ1) is 18.4. The lowest BCUT2D eigenvalue weighted by molar-refractivity contribution is -0.122. The first-order chi connectivity index (χ1) is 12.7. The maximum absolute atomic E-state index is 12.6. The zero-order chi connectivity index (χ0) is 18.4. The van der Waals surface area contributed by atoms with Gasteiger partial charge in [-0.15, -0.1) is 11.3 Å². The number of methoxy groups -OCH3 is 1. The van der Waals surface area contributed by atoms with Crippen molar-refractivity contribution in [1.82, 2.24) is 15.1 Å². The van der Waals surface area contributed by atoms with Crippen molar-refractivity contribution in [2.75, 3.05) is 39.8 Å². The fraction of sp³-hybridized carbons (Fsp3) is 0.368. The highest BCUT2D eigenvalue weighted by Crippen LogP contribution is 2.15. The fourth-order valence-electron chi connectivity index (χ4n) is 2.91. The van der Waals surface area contributed by atoms with Crippen LogP contribution in [-0.2, 0) is 11.3 Å². The summed E-state index contributed by atoms with van der Waals surface area (Å²) in [4.78, 5) is 29.7. The van der Waals surface area contributed by atoms with E-state index in [1.807, 2.05) is 34.5 Å². The lowest BCUT2D eigenvalue weighted by atomic mass is 10.1. The molecule has 0 bridgehead atoms. The number of ether oxygens (including phenoxy) is 1. The smallest absolute Gasteiger partial charge is 0.254 e. The van der Waals surface area contributed by atoms with Gasteiger partial charge in [-0.25, -0.2) is 0 Å². The molecule has 138 valence electrons. The van der Waals surface area contributed by atoms with Crippen LogP contribution in [0.3, 0.4) is 0 Å². The topological polar surface area (TPSA) is 61.9 Å². The van der Waals surface area contributed by atoms with Crippen molar-refractivity contribution in [3.05, 3.63) is 52.2 Å². The summed E-state index contributed by atoms with van der Waals surface area (Å²) >= 11 is 1.63. The first-order valence-electron chi connectivity index (χ1n) is 8.60. The van der Waals surface area contributed by atoms with E-state index in [-0.39, 0.29) is 11.8 Å². The van der Waals surface area contributed by atoms with Crippen LogP contribution in [0.4, 0.5) is 0 Å². The molecule has 1 fully saturated rings. The number of nitrogens with zero attached hydrogens (tertiary/aromatic N) is 2. The Morgan fingerprint density at radius 2 is 1.96 bits per heavy atom. The van der Waals surface area contributed by atoms with Gasteiger partial charge < -0.3 is 15.0 Å². The van der Waals surface area contributed by atoms with E-state index in [0.717, 1.165) is 4.88 Å². The SMILES string of the molecule is COc1cccc(C(=O)N2CCN(CC(=O)NCc3cccs3)CC2)c1. The second kappa shape index (κ2) is 8.82. The molecule has 1 N–H and O–H groups in total. The molecule has 1 aliphatic heterocycles. The zero-order valence-electron chi connectivity index (χ0n) is 14.8. The number of rotatable bonds is 6. The number of benzene rings is 1. The van der Waals surface area contributed by atoms with Crippen LogP contribution in [-0.4, -0.2) is 61.4 Å². The number of hydrogen-bond donors (Lipinski definition) is 1. The van der Waals surface area contributed by atoms with E-state index in [4.69, 9.17) is 4.74 Å². The molecule has 0 radical (unpaired) electrons. The van der Waals surface area contributed by atoms with E-state index in [0.29, 0.717) is 50.6 Å². The number of amides is 2. The third kappa shape index (κ3) is 4.83. The van der Waals surface area contributed by atoms with E-state index in [9.17, 15) is 9.59 Å². The Balaban J connectivity index is 1.44. The average Bonchev–Trinajstić information content (AvgIpc) is 3.20. The summed E-state index contributed by atoms with van der Waals surface area (Å²) < 4.78 is 5.18. The van der Waals surface area contributed by atoms with Gasteiger partial charge in [0.05, 0.1) is 20.2 Å². The molecular formula is C19H23N3O3S. The van der Waals surface area contributed by atoms with E-state index >= 15 is 0 Å². The number of piperazine rings is 1. The quantitative estimate of drug-likeness (QED) is 0.839. The summed E-state index contributed by atoms with van der Waals surface area (Å²) in [6.45, 7) is 3.57. The molecular weight excluding hydrogens is 350 g/mol. The lowest BCUT2D eigenvalue weighted by Crippen LogP contribution is -2.51. The van der Waals surface area contributed by atoms with Gasteiger partial charge in [0.25, 0.3) is 5.91 Å². The highest BCUT2D eigenvalue weighted by molar-refractivity contribution is 7.09. The van der Waals surface area contributed by atoms with Crippen molar-refractivity contribution in [1.29, 1.82) is 0 Å². The van der Waals surface area contributed by atoms with E-state index in [2.05, 4.69) is 10.2 Å². The van der Waals surface area contributed by atoms with Crippen LogP contribution >= 0.6 is 11.3 Å². The van der Waals surface area contributed by atoms with Gasteiger partial charge in [-0.3, -0.25) is 14.5 Å². The van der Waals surface area contributed by atoms with Gasteiger partial charge in [0.2, 0.25) is 5.91 Å². The molecule has 2 aromatic rings. The standard InChI is InChI=1S/C19H23N3O3S/c1-25-16-5-2-4-15(12-16)19(24)22-9-7-21(8-10-22)14-18(23)20-13-17-6-3-11-26-17/h2-6,11-12H,7-10,13-14H2,1H3,(H,20,23). The molecule has 7 heteroatoms. The predicted molar refractivity (Wildman–Crippen MR) is 102 cm³/mol. The predicted octanol–water partition coefficient (Wildman–Crippen LogP) is 1.83. The molecule has 1 aliphatic rings. The van der Waals surface area contributed by atoms with E-state index in [1.165, 1.54) is 0 Å². The Morgan fingerprint density at radius 1 is 1.15 bits per heavy atom. The third-order valence-corrected chi connectivity index (χ3v) is 5.26. The van der Waals surface area contributed by atoms with E-state index in [1.54, 1.807) is 30.6 Å². The van der Waals surface area contributed by atoms with Crippen molar-refractivity contribution in [2.45, 2.75) is 6.54 Å². The molecule has 1 aromatic heterocycles. The van der Waals surface area contributed by atoms with Gasteiger partial charge in [-0.05, 0) is 29.6 Å². The Bertz CT molecular complexity index is 740. The summed E-state index contributed by atoms with van der Waals surface area (Å²) in [5.41, 5.74) is 0.631. The van der Waals surface area contributed by atoms with E-state index < -0.39 is 0 Å². The van der Waals surface area contributed by atoms with Crippen molar-refractivity contribution in [3.63, 3.8) is 0 Å². The molecule has 2 amide bonds. The molecule has 1 aromatic carbocycles. The number of thiophene rings is 1. The summed E-state index contributed by atoms with van der Waals surface area (Å²) in [6.07, 6.45) is 0. The molecule has 2 heterocycles. The molecule has 6 nitrogen and oxygen atoms in total. The van der Waals surface area contributed by atoms with Crippen molar-refractivity contribution < 1.29 is 14.3 Å². The molecule has 0 spiro atoms. The summed E-state index contributed by atoms with van der Waals surface area (Å²) in [5, 5.41) is 4.94. The summed E-state index contributed by atoms with van der Waals surface area (Å²) in [6, 6.07) is 11.2. The highest BCUT2D eigenvalue weighted by Gasteiger charge is 2.23. The molecule has 3 rings (SSSR count). The highest BCUT2D eigenvalue weighted by atomic mass is 32.1. The number of carbonyl (C=O) groups is 2. The van der Waals surface area contributed by atoms with Gasteiger partial charge in [0.15, 0.2) is 0 Å². The summed E-state index contributed by atoms with van der Waals surface area (Å²) in [7, 11) is 1.59. The van der Waals surface area contributed by atoms with Crippen LogP contribution in [0.1, 0.15) is 15.2 Å². The van der Waals surface area contributed by atoms with Gasteiger partial charge in [-0.1, -0.05) is 12.1 Å². The Hall–Kier alpha value is -2.38. The molecule has 26 heavy (non-hydrogen) atoms. The van der Waals surface area contributed by atoms with Gasteiger partial charge >= 0.3 is 0 Å². The Kier molecular flexibility index (Phi) is 6.25. The average molecular weight is 373 g/mol. The first-order valence-corrected chi connectivity index (χ1v) is 9.48. The third-order valence-electron chi connectivity index (χ3n) is 4.38. The molecule has 0 unspecified atom stereocenters. The maximum atomic E-state index is 12.6. The number of nitrogens with one attached hydrogen (secondary N) is 1. The van der Waals surface area contributed by atoms with Gasteiger partial charge in [-0.2, -0.15) is 0 Å². The minimum Gasteiger partial charge on any atom is -0.497 e. The van der Waals surface area contributed by atoms with Crippen LogP contribution in [0.25, 0.3) is 0 Å². The van der Waals surface area contributed by atoms with Crippen LogP contribution in [0.5, 0.6) is 5.75 Å². The largest absolute Gasteiger partial charge is 0.497 e. The lowest BCUT2D eigenvalue weighted by Gasteiger charge is -2.34. The van der Waals surface area contributed by atoms with Gasteiger partial charge in [0.1, 0.15) is 5.75 Å². The molecule has 1 saturated heterocycles. The second-order valence-corrected chi connectivity index (χ2v) is 7.19.